The van der Waals surface area contributed by atoms with E-state index in [2.05, 4.69) is 15.5 Å². The standard InChI is InChI=1S/C23H31N3O2.ClH/c1-24-14-11-19-12-15-26(16-13-19)17-23(27)25-21-7-9-22(10-8-21)28-18-20-5-3-2-4-6-20;/h2-10,19,24H,11-18H2,1H3,(H,25,27);1H. The normalized spacial score (nSPS) is 14.8. The molecule has 1 amide bonds. The lowest BCUT2D eigenvalue weighted by Gasteiger charge is -2.31. The number of ether oxygens (including phenoxy) is 1. The van der Waals surface area contributed by atoms with Gasteiger partial charge in [-0.15, -0.1) is 12.4 Å². The summed E-state index contributed by atoms with van der Waals surface area (Å²) in [5, 5.41) is 6.21. The van der Waals surface area contributed by atoms with Gasteiger partial charge in [0, 0.05) is 5.69 Å². The zero-order valence-corrected chi connectivity index (χ0v) is 17.9. The summed E-state index contributed by atoms with van der Waals surface area (Å²) in [6.07, 6.45) is 3.60. The molecule has 6 heteroatoms. The van der Waals surface area contributed by atoms with E-state index in [1.807, 2.05) is 61.6 Å². The Labute approximate surface area is 180 Å². The molecule has 0 unspecified atom stereocenters. The molecule has 1 aliphatic heterocycles. The van der Waals surface area contributed by atoms with E-state index in [4.69, 9.17) is 4.74 Å². The summed E-state index contributed by atoms with van der Waals surface area (Å²) in [4.78, 5) is 14.6. The number of hydrogen-bond acceptors (Lipinski definition) is 4. The van der Waals surface area contributed by atoms with E-state index in [1.54, 1.807) is 0 Å². The van der Waals surface area contributed by atoms with Crippen LogP contribution in [0, 0.1) is 5.92 Å². The molecule has 0 radical (unpaired) electrons. The topological polar surface area (TPSA) is 53.6 Å². The number of nitrogens with zero attached hydrogens (tertiary/aromatic N) is 1. The fourth-order valence-electron chi connectivity index (χ4n) is 3.56. The number of hydrogen-bond donors (Lipinski definition) is 2. The first-order valence-electron chi connectivity index (χ1n) is 10.2. The van der Waals surface area contributed by atoms with Crippen molar-refractivity contribution in [1.29, 1.82) is 0 Å². The average molecular weight is 418 g/mol. The molecule has 0 aromatic heterocycles. The van der Waals surface area contributed by atoms with Crippen LogP contribution in [0.1, 0.15) is 24.8 Å². The molecule has 1 saturated heterocycles. The third kappa shape index (κ3) is 8.05. The molecule has 0 atom stereocenters. The van der Waals surface area contributed by atoms with Crippen LogP contribution < -0.4 is 15.4 Å². The van der Waals surface area contributed by atoms with Crippen molar-refractivity contribution in [2.24, 2.45) is 5.92 Å². The van der Waals surface area contributed by atoms with Gasteiger partial charge in [-0.05, 0) is 81.7 Å². The maximum atomic E-state index is 12.3. The van der Waals surface area contributed by atoms with Crippen LogP contribution in [0.3, 0.4) is 0 Å². The Hall–Kier alpha value is -2.08. The molecular weight excluding hydrogens is 386 g/mol. The van der Waals surface area contributed by atoms with Gasteiger partial charge in [0.2, 0.25) is 5.91 Å². The highest BCUT2D eigenvalue weighted by Crippen LogP contribution is 2.20. The first-order chi connectivity index (χ1) is 13.7. The van der Waals surface area contributed by atoms with Gasteiger partial charge in [0.25, 0.3) is 0 Å². The van der Waals surface area contributed by atoms with Crippen LogP contribution in [0.2, 0.25) is 0 Å². The molecular formula is C23H32ClN3O2. The zero-order chi connectivity index (χ0) is 19.6. The number of amides is 1. The highest BCUT2D eigenvalue weighted by Gasteiger charge is 2.20. The Bertz CT molecular complexity index is 717. The number of carbonyl (C=O) groups is 1. The molecule has 1 fully saturated rings. The van der Waals surface area contributed by atoms with E-state index in [9.17, 15) is 4.79 Å². The molecule has 0 aliphatic carbocycles. The third-order valence-electron chi connectivity index (χ3n) is 5.26. The number of anilines is 1. The molecule has 1 heterocycles. The third-order valence-corrected chi connectivity index (χ3v) is 5.26. The van der Waals surface area contributed by atoms with Crippen molar-refractivity contribution >= 4 is 24.0 Å². The van der Waals surface area contributed by atoms with Gasteiger partial charge in [0.1, 0.15) is 12.4 Å². The van der Waals surface area contributed by atoms with Gasteiger partial charge >= 0.3 is 0 Å². The van der Waals surface area contributed by atoms with Crippen molar-refractivity contribution < 1.29 is 9.53 Å². The summed E-state index contributed by atoms with van der Waals surface area (Å²) in [5.41, 5.74) is 1.94. The molecule has 29 heavy (non-hydrogen) atoms. The highest BCUT2D eigenvalue weighted by atomic mass is 35.5. The van der Waals surface area contributed by atoms with Gasteiger partial charge in [-0.25, -0.2) is 0 Å². The Morgan fingerprint density at radius 3 is 2.41 bits per heavy atom. The minimum absolute atomic E-state index is 0. The van der Waals surface area contributed by atoms with Crippen molar-refractivity contribution in [3.05, 3.63) is 60.2 Å². The predicted molar refractivity (Wildman–Crippen MR) is 121 cm³/mol. The lowest BCUT2D eigenvalue weighted by atomic mass is 9.93. The molecule has 1 aliphatic rings. The summed E-state index contributed by atoms with van der Waals surface area (Å²) in [7, 11) is 2.00. The monoisotopic (exact) mass is 417 g/mol. The summed E-state index contributed by atoms with van der Waals surface area (Å²) in [6, 6.07) is 17.6. The lowest BCUT2D eigenvalue weighted by molar-refractivity contribution is -0.117. The fourth-order valence-corrected chi connectivity index (χ4v) is 3.56. The van der Waals surface area contributed by atoms with E-state index in [-0.39, 0.29) is 18.3 Å². The molecule has 2 aromatic rings. The number of rotatable bonds is 9. The van der Waals surface area contributed by atoms with Gasteiger partial charge in [-0.3, -0.25) is 9.69 Å². The van der Waals surface area contributed by atoms with Crippen LogP contribution in [0.15, 0.2) is 54.6 Å². The Balaban J connectivity index is 0.00000300. The summed E-state index contributed by atoms with van der Waals surface area (Å²) >= 11 is 0. The Morgan fingerprint density at radius 2 is 1.76 bits per heavy atom. The molecule has 0 spiro atoms. The minimum Gasteiger partial charge on any atom is -0.489 e. The van der Waals surface area contributed by atoms with E-state index in [0.717, 1.165) is 42.6 Å². The maximum Gasteiger partial charge on any atom is 0.238 e. The van der Waals surface area contributed by atoms with Crippen LogP contribution in [0.4, 0.5) is 5.69 Å². The number of piperidine rings is 1. The van der Waals surface area contributed by atoms with Crippen molar-refractivity contribution in [3.8, 4) is 5.75 Å². The fraction of sp³-hybridized carbons (Fsp3) is 0.435. The van der Waals surface area contributed by atoms with Crippen LogP contribution >= 0.6 is 12.4 Å². The van der Waals surface area contributed by atoms with Crippen LogP contribution in [-0.4, -0.2) is 44.0 Å². The quantitative estimate of drug-likeness (QED) is 0.648. The maximum absolute atomic E-state index is 12.3. The van der Waals surface area contributed by atoms with E-state index < -0.39 is 0 Å². The summed E-state index contributed by atoms with van der Waals surface area (Å²) < 4.78 is 5.79. The Kier molecular flexibility index (Phi) is 9.98. The van der Waals surface area contributed by atoms with E-state index in [1.165, 1.54) is 19.3 Å². The van der Waals surface area contributed by atoms with Crippen LogP contribution in [0.25, 0.3) is 0 Å². The second kappa shape index (κ2) is 12.5. The van der Waals surface area contributed by atoms with Crippen molar-refractivity contribution in [2.45, 2.75) is 25.9 Å². The number of nitrogens with one attached hydrogen (secondary N) is 2. The highest BCUT2D eigenvalue weighted by molar-refractivity contribution is 5.92. The molecule has 0 saturated carbocycles. The minimum atomic E-state index is 0. The van der Waals surface area contributed by atoms with Gasteiger partial charge in [0.15, 0.2) is 0 Å². The van der Waals surface area contributed by atoms with E-state index in [0.29, 0.717) is 13.2 Å². The van der Waals surface area contributed by atoms with Crippen LogP contribution in [0.5, 0.6) is 5.75 Å². The Morgan fingerprint density at radius 1 is 1.07 bits per heavy atom. The predicted octanol–water partition coefficient (Wildman–Crippen LogP) is 3.95. The molecule has 5 nitrogen and oxygen atoms in total. The summed E-state index contributed by atoms with van der Waals surface area (Å²) in [5.74, 6) is 1.63. The van der Waals surface area contributed by atoms with Crippen LogP contribution in [-0.2, 0) is 11.4 Å². The number of halogens is 1. The van der Waals surface area contributed by atoms with Crippen molar-refractivity contribution in [1.82, 2.24) is 10.2 Å². The molecule has 2 aromatic carbocycles. The first kappa shape index (κ1) is 23.2. The SMILES string of the molecule is CNCCC1CCN(CC(=O)Nc2ccc(OCc3ccccc3)cc2)CC1.Cl. The van der Waals surface area contributed by atoms with Crippen molar-refractivity contribution in [2.75, 3.05) is 38.5 Å². The number of benzene rings is 2. The second-order valence-corrected chi connectivity index (χ2v) is 7.46. The molecule has 158 valence electrons. The average Bonchev–Trinajstić information content (AvgIpc) is 2.73. The van der Waals surface area contributed by atoms with Gasteiger partial charge in [-0.1, -0.05) is 30.3 Å². The first-order valence-corrected chi connectivity index (χ1v) is 10.2. The van der Waals surface area contributed by atoms with Crippen molar-refractivity contribution in [3.63, 3.8) is 0 Å². The number of likely N-dealkylation sites (tertiary alicyclic amines) is 1. The second-order valence-electron chi connectivity index (χ2n) is 7.46. The summed E-state index contributed by atoms with van der Waals surface area (Å²) in [6.45, 7) is 4.10. The lowest BCUT2D eigenvalue weighted by Crippen LogP contribution is -2.39. The molecule has 2 N–H and O–H groups in total. The number of carbonyl (C=O) groups excluding carboxylic acids is 1. The smallest absolute Gasteiger partial charge is 0.238 e. The van der Waals surface area contributed by atoms with E-state index >= 15 is 0 Å². The van der Waals surface area contributed by atoms with Gasteiger partial charge in [0.05, 0.1) is 6.54 Å². The largest absolute Gasteiger partial charge is 0.489 e. The molecule has 0 bridgehead atoms. The van der Waals surface area contributed by atoms with Gasteiger partial charge < -0.3 is 15.4 Å². The zero-order valence-electron chi connectivity index (χ0n) is 17.1. The van der Waals surface area contributed by atoms with Gasteiger partial charge in [-0.2, -0.15) is 0 Å². The molecule has 3 rings (SSSR count).